The van der Waals surface area contributed by atoms with Gasteiger partial charge in [0, 0.05) is 32.1 Å². The number of benzene rings is 2. The van der Waals surface area contributed by atoms with E-state index in [1.807, 2.05) is 14.1 Å². The third-order valence-corrected chi connectivity index (χ3v) is 5.43. The highest BCUT2D eigenvalue weighted by Crippen LogP contribution is 2.29. The monoisotopic (exact) mass is 400 g/mol. The second-order valence-electron chi connectivity index (χ2n) is 6.70. The molecule has 0 saturated carbocycles. The number of ether oxygens (including phenoxy) is 1. The van der Waals surface area contributed by atoms with Gasteiger partial charge >= 0.3 is 0 Å². The second kappa shape index (κ2) is 8.30. The lowest BCUT2D eigenvalue weighted by atomic mass is 10.2. The Morgan fingerprint density at radius 2 is 1.93 bits per heavy atom. The Balaban J connectivity index is 1.32. The Morgan fingerprint density at radius 1 is 1.14 bits per heavy atom. The first-order valence-electron chi connectivity index (χ1n) is 8.97. The van der Waals surface area contributed by atoms with Gasteiger partial charge in [0.1, 0.15) is 12.0 Å². The fourth-order valence-corrected chi connectivity index (χ4v) is 3.71. The van der Waals surface area contributed by atoms with Crippen molar-refractivity contribution in [3.63, 3.8) is 0 Å². The van der Waals surface area contributed by atoms with Crippen LogP contribution in [0.1, 0.15) is 11.8 Å². The number of nitrogens with one attached hydrogen (secondary N) is 1. The van der Waals surface area contributed by atoms with E-state index >= 15 is 0 Å². The number of hydrogen-bond acceptors (Lipinski definition) is 7. The number of anilines is 1. The van der Waals surface area contributed by atoms with Crippen molar-refractivity contribution in [1.82, 2.24) is 15.5 Å². The first-order valence-corrected chi connectivity index (χ1v) is 9.96. The summed E-state index contributed by atoms with van der Waals surface area (Å²) in [5, 5.41) is 11.7. The first kappa shape index (κ1) is 18.9. The van der Waals surface area contributed by atoms with Crippen LogP contribution in [0.5, 0.6) is 0 Å². The SMILES string of the molecule is CN(C)c1ccc([C@H]2NC[C@H](CSc3nnc(-c4ccccc4F)o3)O2)cc1. The van der Waals surface area contributed by atoms with Gasteiger partial charge in [0.2, 0.25) is 0 Å². The molecule has 1 aliphatic rings. The zero-order valence-electron chi connectivity index (χ0n) is 15.6. The highest BCUT2D eigenvalue weighted by atomic mass is 32.2. The Labute approximate surface area is 167 Å². The molecule has 1 aromatic heterocycles. The molecule has 0 radical (unpaired) electrons. The molecular weight excluding hydrogens is 379 g/mol. The number of nitrogens with zero attached hydrogens (tertiary/aromatic N) is 3. The molecule has 146 valence electrons. The van der Waals surface area contributed by atoms with Gasteiger partial charge in [-0.25, -0.2) is 4.39 Å². The molecule has 1 fully saturated rings. The molecule has 0 bridgehead atoms. The molecule has 1 aliphatic heterocycles. The molecule has 0 aliphatic carbocycles. The maximum atomic E-state index is 13.8. The molecule has 2 heterocycles. The van der Waals surface area contributed by atoms with Gasteiger partial charge in [-0.2, -0.15) is 0 Å². The van der Waals surface area contributed by atoms with Gasteiger partial charge in [-0.05, 0) is 29.8 Å². The summed E-state index contributed by atoms with van der Waals surface area (Å²) in [6.45, 7) is 0.738. The molecule has 3 aromatic rings. The van der Waals surface area contributed by atoms with Crippen LogP contribution in [0.3, 0.4) is 0 Å². The van der Waals surface area contributed by atoms with Crippen LogP contribution in [-0.4, -0.2) is 42.7 Å². The molecule has 1 N–H and O–H groups in total. The minimum Gasteiger partial charge on any atom is -0.411 e. The highest BCUT2D eigenvalue weighted by Gasteiger charge is 2.26. The fourth-order valence-electron chi connectivity index (χ4n) is 2.94. The van der Waals surface area contributed by atoms with Crippen LogP contribution in [-0.2, 0) is 4.74 Å². The van der Waals surface area contributed by atoms with Gasteiger partial charge in [-0.1, -0.05) is 36.0 Å². The second-order valence-corrected chi connectivity index (χ2v) is 7.67. The van der Waals surface area contributed by atoms with Crippen molar-refractivity contribution in [3.8, 4) is 11.5 Å². The van der Waals surface area contributed by atoms with E-state index in [4.69, 9.17) is 9.15 Å². The average molecular weight is 400 g/mol. The van der Waals surface area contributed by atoms with Gasteiger partial charge in [-0.15, -0.1) is 10.2 Å². The van der Waals surface area contributed by atoms with E-state index in [1.54, 1.807) is 18.2 Å². The van der Waals surface area contributed by atoms with E-state index in [0.717, 1.165) is 17.8 Å². The predicted octanol–water partition coefficient (Wildman–Crippen LogP) is 3.72. The number of rotatable bonds is 6. The van der Waals surface area contributed by atoms with Crippen LogP contribution in [0.25, 0.3) is 11.5 Å². The van der Waals surface area contributed by atoms with Gasteiger partial charge in [-0.3, -0.25) is 5.32 Å². The van der Waals surface area contributed by atoms with Crippen molar-refractivity contribution in [1.29, 1.82) is 0 Å². The van der Waals surface area contributed by atoms with Crippen molar-refractivity contribution in [2.75, 3.05) is 31.3 Å². The maximum absolute atomic E-state index is 13.8. The molecule has 0 amide bonds. The van der Waals surface area contributed by atoms with Gasteiger partial charge < -0.3 is 14.1 Å². The number of aromatic nitrogens is 2. The van der Waals surface area contributed by atoms with Crippen LogP contribution in [0.4, 0.5) is 10.1 Å². The fraction of sp³-hybridized carbons (Fsp3) is 0.300. The first-order chi connectivity index (χ1) is 13.6. The van der Waals surface area contributed by atoms with Crippen LogP contribution in [0.15, 0.2) is 58.2 Å². The molecule has 28 heavy (non-hydrogen) atoms. The van der Waals surface area contributed by atoms with Crippen LogP contribution in [0, 0.1) is 5.82 Å². The summed E-state index contributed by atoms with van der Waals surface area (Å²) in [5.74, 6) is 0.470. The lowest BCUT2D eigenvalue weighted by Gasteiger charge is -2.16. The molecule has 1 saturated heterocycles. The van der Waals surface area contributed by atoms with E-state index in [1.165, 1.54) is 17.8 Å². The van der Waals surface area contributed by atoms with Gasteiger partial charge in [0.05, 0.1) is 11.7 Å². The Morgan fingerprint density at radius 3 is 2.68 bits per heavy atom. The molecule has 2 aromatic carbocycles. The summed E-state index contributed by atoms with van der Waals surface area (Å²) in [6, 6.07) is 14.6. The minimum absolute atomic E-state index is 0.0207. The van der Waals surface area contributed by atoms with Crippen molar-refractivity contribution >= 4 is 17.4 Å². The Kier molecular flexibility index (Phi) is 5.61. The summed E-state index contributed by atoms with van der Waals surface area (Å²) in [4.78, 5) is 2.06. The molecule has 6 nitrogen and oxygen atoms in total. The number of halogens is 1. The lowest BCUT2D eigenvalue weighted by molar-refractivity contribution is 0.0534. The summed E-state index contributed by atoms with van der Waals surface area (Å²) < 4.78 is 25.5. The number of thioether (sulfide) groups is 1. The standard InChI is InChI=1S/C20H21FN4O2S/c1-25(2)14-9-7-13(8-10-14)18-22-11-15(26-18)12-28-20-24-23-19(27-20)16-5-3-4-6-17(16)21/h3-10,15,18,22H,11-12H2,1-2H3/t15-,18+/m1/s1. The zero-order valence-corrected chi connectivity index (χ0v) is 16.4. The molecular formula is C20H21FN4O2S. The van der Waals surface area contributed by atoms with Crippen molar-refractivity contribution in [3.05, 3.63) is 59.9 Å². The summed E-state index contributed by atoms with van der Waals surface area (Å²) in [6.07, 6.45) is -0.106. The van der Waals surface area contributed by atoms with Crippen molar-refractivity contribution in [2.45, 2.75) is 17.6 Å². The molecule has 2 atom stereocenters. The Hall–Kier alpha value is -2.42. The quantitative estimate of drug-likeness (QED) is 0.633. The van der Waals surface area contributed by atoms with E-state index < -0.39 is 0 Å². The van der Waals surface area contributed by atoms with E-state index in [2.05, 4.69) is 44.7 Å². The third kappa shape index (κ3) is 4.19. The van der Waals surface area contributed by atoms with Crippen molar-refractivity contribution < 1.29 is 13.5 Å². The van der Waals surface area contributed by atoms with Gasteiger partial charge in [0.15, 0.2) is 0 Å². The minimum atomic E-state index is -0.380. The van der Waals surface area contributed by atoms with Crippen LogP contribution >= 0.6 is 11.8 Å². The normalized spacial score (nSPS) is 19.1. The van der Waals surface area contributed by atoms with E-state index in [-0.39, 0.29) is 24.0 Å². The summed E-state index contributed by atoms with van der Waals surface area (Å²) in [7, 11) is 4.03. The molecule has 8 heteroatoms. The number of hydrogen-bond donors (Lipinski definition) is 1. The van der Waals surface area contributed by atoms with Crippen LogP contribution in [0.2, 0.25) is 0 Å². The summed E-state index contributed by atoms with van der Waals surface area (Å²) >= 11 is 1.41. The summed E-state index contributed by atoms with van der Waals surface area (Å²) in [5.41, 5.74) is 2.55. The average Bonchev–Trinajstić information content (AvgIpc) is 3.36. The smallest absolute Gasteiger partial charge is 0.276 e. The van der Waals surface area contributed by atoms with Crippen LogP contribution < -0.4 is 10.2 Å². The maximum Gasteiger partial charge on any atom is 0.276 e. The largest absolute Gasteiger partial charge is 0.411 e. The molecule has 0 spiro atoms. The highest BCUT2D eigenvalue weighted by molar-refractivity contribution is 7.99. The zero-order chi connectivity index (χ0) is 19.5. The van der Waals surface area contributed by atoms with Crippen molar-refractivity contribution in [2.24, 2.45) is 0 Å². The van der Waals surface area contributed by atoms with Gasteiger partial charge in [0.25, 0.3) is 11.1 Å². The molecule has 0 unspecified atom stereocenters. The lowest BCUT2D eigenvalue weighted by Crippen LogP contribution is -2.16. The third-order valence-electron chi connectivity index (χ3n) is 4.48. The van der Waals surface area contributed by atoms with E-state index in [0.29, 0.717) is 16.5 Å². The topological polar surface area (TPSA) is 63.4 Å². The predicted molar refractivity (Wildman–Crippen MR) is 107 cm³/mol. The van der Waals surface area contributed by atoms with E-state index in [9.17, 15) is 4.39 Å². The molecule has 4 rings (SSSR count). The Bertz CT molecular complexity index is 932.